The number of hydrogen-bond acceptors (Lipinski definition) is 4. The topological polar surface area (TPSA) is 47.9 Å². The predicted octanol–water partition coefficient (Wildman–Crippen LogP) is 1.54. The van der Waals surface area contributed by atoms with Gasteiger partial charge in [-0.2, -0.15) is 0 Å². The van der Waals surface area contributed by atoms with Gasteiger partial charge in [-0.15, -0.1) is 0 Å². The molecule has 1 unspecified atom stereocenters. The van der Waals surface area contributed by atoms with E-state index in [1.807, 2.05) is 0 Å². The number of carbonyl (C=O) groups is 1. The standard InChI is InChI=1S/C11H17NO3/c1-14-11(13)9-7-15-10(12-9)8-5-3-2-4-6-8/h8-9H,2-7H2,1H3. The van der Waals surface area contributed by atoms with Crippen molar-refractivity contribution >= 4 is 11.9 Å². The van der Waals surface area contributed by atoms with Crippen molar-refractivity contribution in [2.75, 3.05) is 13.7 Å². The number of aliphatic imine (C=N–C) groups is 1. The molecule has 0 spiro atoms. The maximum absolute atomic E-state index is 11.2. The summed E-state index contributed by atoms with van der Waals surface area (Å²) >= 11 is 0. The first-order valence-corrected chi connectivity index (χ1v) is 5.59. The lowest BCUT2D eigenvalue weighted by Gasteiger charge is -2.20. The zero-order valence-corrected chi connectivity index (χ0v) is 9.07. The molecule has 1 fully saturated rings. The molecule has 0 aromatic carbocycles. The lowest BCUT2D eigenvalue weighted by molar-refractivity contribution is -0.142. The summed E-state index contributed by atoms with van der Waals surface area (Å²) in [6.45, 7) is 0.360. The van der Waals surface area contributed by atoms with Crippen LogP contribution in [0.2, 0.25) is 0 Å². The van der Waals surface area contributed by atoms with Crippen LogP contribution in [0.25, 0.3) is 0 Å². The van der Waals surface area contributed by atoms with Gasteiger partial charge in [-0.05, 0) is 12.8 Å². The zero-order chi connectivity index (χ0) is 10.7. The van der Waals surface area contributed by atoms with Crippen molar-refractivity contribution in [3.8, 4) is 0 Å². The Kier molecular flexibility index (Phi) is 3.23. The third-order valence-corrected chi connectivity index (χ3v) is 3.10. The molecular weight excluding hydrogens is 194 g/mol. The number of hydrogen-bond donors (Lipinski definition) is 0. The van der Waals surface area contributed by atoms with E-state index in [2.05, 4.69) is 9.73 Å². The second-order valence-corrected chi connectivity index (χ2v) is 4.15. The molecule has 2 aliphatic rings. The summed E-state index contributed by atoms with van der Waals surface area (Å²) in [5, 5.41) is 0. The third kappa shape index (κ3) is 2.30. The quantitative estimate of drug-likeness (QED) is 0.651. The smallest absolute Gasteiger partial charge is 0.334 e. The van der Waals surface area contributed by atoms with Gasteiger partial charge in [0.25, 0.3) is 0 Å². The minimum atomic E-state index is -0.424. The van der Waals surface area contributed by atoms with Crippen LogP contribution in [0.15, 0.2) is 4.99 Å². The SMILES string of the molecule is COC(=O)C1COC(C2CCCCC2)=N1. The first kappa shape index (κ1) is 10.5. The maximum atomic E-state index is 11.2. The van der Waals surface area contributed by atoms with E-state index >= 15 is 0 Å². The van der Waals surface area contributed by atoms with Crippen LogP contribution >= 0.6 is 0 Å². The second kappa shape index (κ2) is 4.64. The van der Waals surface area contributed by atoms with Crippen LogP contribution in [0.3, 0.4) is 0 Å². The van der Waals surface area contributed by atoms with E-state index in [9.17, 15) is 4.79 Å². The molecule has 0 amide bonds. The molecule has 0 N–H and O–H groups in total. The Morgan fingerprint density at radius 2 is 2.13 bits per heavy atom. The monoisotopic (exact) mass is 211 g/mol. The summed E-state index contributed by atoms with van der Waals surface area (Å²) in [6.07, 6.45) is 6.09. The van der Waals surface area contributed by atoms with E-state index in [-0.39, 0.29) is 5.97 Å². The Morgan fingerprint density at radius 1 is 1.40 bits per heavy atom. The van der Waals surface area contributed by atoms with Crippen molar-refractivity contribution in [1.82, 2.24) is 0 Å². The van der Waals surface area contributed by atoms with Gasteiger partial charge in [-0.1, -0.05) is 19.3 Å². The van der Waals surface area contributed by atoms with E-state index < -0.39 is 6.04 Å². The molecular formula is C11H17NO3. The Morgan fingerprint density at radius 3 is 2.80 bits per heavy atom. The van der Waals surface area contributed by atoms with Gasteiger partial charge in [-0.25, -0.2) is 9.79 Å². The molecule has 2 rings (SSSR count). The van der Waals surface area contributed by atoms with E-state index in [4.69, 9.17) is 4.74 Å². The summed E-state index contributed by atoms with van der Waals surface area (Å²) in [5.74, 6) is 0.930. The average Bonchev–Trinajstić information content (AvgIpc) is 2.78. The molecule has 1 atom stereocenters. The van der Waals surface area contributed by atoms with Gasteiger partial charge in [0.1, 0.15) is 6.61 Å². The molecule has 0 aromatic heterocycles. The number of carbonyl (C=O) groups excluding carboxylic acids is 1. The zero-order valence-electron chi connectivity index (χ0n) is 9.07. The molecule has 1 aliphatic carbocycles. The van der Waals surface area contributed by atoms with Gasteiger partial charge in [-0.3, -0.25) is 0 Å². The summed E-state index contributed by atoms with van der Waals surface area (Å²) in [4.78, 5) is 15.5. The fraction of sp³-hybridized carbons (Fsp3) is 0.818. The van der Waals surface area contributed by atoms with E-state index in [0.29, 0.717) is 12.5 Å². The summed E-state index contributed by atoms with van der Waals surface area (Å²) in [5.41, 5.74) is 0. The second-order valence-electron chi connectivity index (χ2n) is 4.15. The largest absolute Gasteiger partial charge is 0.478 e. The Bertz CT molecular complexity index is 269. The van der Waals surface area contributed by atoms with Crippen LogP contribution in [-0.4, -0.2) is 31.6 Å². The highest BCUT2D eigenvalue weighted by molar-refractivity contribution is 5.86. The number of methoxy groups -OCH3 is 1. The maximum Gasteiger partial charge on any atom is 0.334 e. The molecule has 1 heterocycles. The van der Waals surface area contributed by atoms with Crippen LogP contribution in [0, 0.1) is 5.92 Å². The van der Waals surface area contributed by atoms with Gasteiger partial charge < -0.3 is 9.47 Å². The molecule has 15 heavy (non-hydrogen) atoms. The number of rotatable bonds is 2. The Labute approximate surface area is 89.7 Å². The highest BCUT2D eigenvalue weighted by Crippen LogP contribution is 2.27. The molecule has 0 saturated heterocycles. The first-order valence-electron chi connectivity index (χ1n) is 5.59. The summed E-state index contributed by atoms with van der Waals surface area (Å²) in [7, 11) is 1.39. The van der Waals surface area contributed by atoms with Crippen LogP contribution in [0.4, 0.5) is 0 Å². The molecule has 1 saturated carbocycles. The minimum absolute atomic E-state index is 0.291. The van der Waals surface area contributed by atoms with Crippen molar-refractivity contribution in [3.63, 3.8) is 0 Å². The molecule has 1 aliphatic heterocycles. The van der Waals surface area contributed by atoms with Crippen molar-refractivity contribution in [2.45, 2.75) is 38.1 Å². The normalized spacial score (nSPS) is 27.0. The van der Waals surface area contributed by atoms with Gasteiger partial charge in [0.05, 0.1) is 7.11 Å². The van der Waals surface area contributed by atoms with E-state index in [1.54, 1.807) is 0 Å². The highest BCUT2D eigenvalue weighted by Gasteiger charge is 2.31. The molecule has 84 valence electrons. The lowest BCUT2D eigenvalue weighted by Crippen LogP contribution is -2.21. The van der Waals surface area contributed by atoms with Gasteiger partial charge in [0.2, 0.25) is 0 Å². The number of nitrogens with zero attached hydrogens (tertiary/aromatic N) is 1. The number of esters is 1. The van der Waals surface area contributed by atoms with E-state index in [0.717, 1.165) is 18.7 Å². The van der Waals surface area contributed by atoms with Crippen LogP contribution in [-0.2, 0) is 14.3 Å². The first-order chi connectivity index (χ1) is 7.31. The summed E-state index contributed by atoms with van der Waals surface area (Å²) in [6, 6.07) is -0.424. The van der Waals surface area contributed by atoms with Crippen LogP contribution in [0.5, 0.6) is 0 Å². The average molecular weight is 211 g/mol. The third-order valence-electron chi connectivity index (χ3n) is 3.10. The van der Waals surface area contributed by atoms with Gasteiger partial charge in [0.15, 0.2) is 11.9 Å². The van der Waals surface area contributed by atoms with E-state index in [1.165, 1.54) is 26.4 Å². The number of ether oxygens (including phenoxy) is 2. The molecule has 0 radical (unpaired) electrons. The van der Waals surface area contributed by atoms with Crippen molar-refractivity contribution in [1.29, 1.82) is 0 Å². The Balaban J connectivity index is 1.95. The highest BCUT2D eigenvalue weighted by atomic mass is 16.5. The van der Waals surface area contributed by atoms with Crippen molar-refractivity contribution in [3.05, 3.63) is 0 Å². The predicted molar refractivity (Wildman–Crippen MR) is 55.8 cm³/mol. The minimum Gasteiger partial charge on any atom is -0.478 e. The lowest BCUT2D eigenvalue weighted by atomic mass is 9.89. The summed E-state index contributed by atoms with van der Waals surface area (Å²) < 4.78 is 10.1. The molecule has 4 nitrogen and oxygen atoms in total. The molecule has 0 bridgehead atoms. The van der Waals surface area contributed by atoms with Crippen molar-refractivity contribution in [2.24, 2.45) is 10.9 Å². The van der Waals surface area contributed by atoms with Crippen LogP contribution in [0.1, 0.15) is 32.1 Å². The molecule has 4 heteroatoms. The van der Waals surface area contributed by atoms with Crippen LogP contribution < -0.4 is 0 Å². The fourth-order valence-electron chi connectivity index (χ4n) is 2.22. The van der Waals surface area contributed by atoms with Crippen molar-refractivity contribution < 1.29 is 14.3 Å². The van der Waals surface area contributed by atoms with Gasteiger partial charge in [0, 0.05) is 5.92 Å². The van der Waals surface area contributed by atoms with Gasteiger partial charge >= 0.3 is 5.97 Å². The molecule has 0 aromatic rings. The Hall–Kier alpha value is -1.06. The fourth-order valence-corrected chi connectivity index (χ4v) is 2.22.